The smallest absolute Gasteiger partial charge is 0.276 e. The molecule has 2 heterocycles. The van der Waals surface area contributed by atoms with E-state index in [2.05, 4.69) is 12.0 Å². The van der Waals surface area contributed by atoms with Gasteiger partial charge in [0.1, 0.15) is 0 Å². The van der Waals surface area contributed by atoms with E-state index in [1.165, 1.54) is 0 Å². The molecule has 1 aliphatic heterocycles. The fraction of sp³-hybridized carbons (Fsp3) is 0.636. The third kappa shape index (κ3) is 2.57. The largest absolute Gasteiger partial charge is 0.396 e. The summed E-state index contributed by atoms with van der Waals surface area (Å²) in [6.45, 7) is 6.40. The van der Waals surface area contributed by atoms with E-state index in [-0.39, 0.29) is 5.91 Å². The Kier molecular flexibility index (Phi) is 3.61. The fourth-order valence-corrected chi connectivity index (χ4v) is 2.93. The van der Waals surface area contributed by atoms with E-state index >= 15 is 0 Å². The predicted octanol–water partition coefficient (Wildman–Crippen LogP) is 1.06. The first kappa shape index (κ1) is 12.3. The number of rotatable bonds is 2. The maximum atomic E-state index is 12.3. The van der Waals surface area contributed by atoms with Gasteiger partial charge in [-0.25, -0.2) is 0 Å². The minimum atomic E-state index is -0.0400. The summed E-state index contributed by atoms with van der Waals surface area (Å²) in [5, 5.41) is 4.71. The first-order chi connectivity index (χ1) is 8.11. The summed E-state index contributed by atoms with van der Waals surface area (Å²) in [7, 11) is 0. The normalized spacial score (nSPS) is 20.6. The van der Waals surface area contributed by atoms with Gasteiger partial charge in [0.15, 0.2) is 5.69 Å². The standard InChI is InChI=1S/C11H18N4OS/c1-3-15-7-9(12)10(13-15)11(16)14-4-5-17-8(2)6-14/h7-8H,3-6,12H2,1-2H3. The zero-order valence-corrected chi connectivity index (χ0v) is 11.0. The Morgan fingerprint density at radius 1 is 1.71 bits per heavy atom. The van der Waals surface area contributed by atoms with Gasteiger partial charge < -0.3 is 10.6 Å². The maximum absolute atomic E-state index is 12.3. The van der Waals surface area contributed by atoms with Gasteiger partial charge in [-0.2, -0.15) is 16.9 Å². The number of thioether (sulfide) groups is 1. The summed E-state index contributed by atoms with van der Waals surface area (Å²) >= 11 is 1.90. The predicted molar refractivity (Wildman–Crippen MR) is 70.1 cm³/mol. The highest BCUT2D eigenvalue weighted by molar-refractivity contribution is 7.99. The van der Waals surface area contributed by atoms with Crippen molar-refractivity contribution in [2.24, 2.45) is 0 Å². The number of anilines is 1. The first-order valence-corrected chi connectivity index (χ1v) is 6.90. The number of amides is 1. The molecule has 1 unspecified atom stereocenters. The van der Waals surface area contributed by atoms with E-state index in [0.29, 0.717) is 16.6 Å². The Hall–Kier alpha value is -1.17. The van der Waals surface area contributed by atoms with E-state index in [1.807, 2.05) is 23.6 Å². The van der Waals surface area contributed by atoms with Gasteiger partial charge in [0.05, 0.1) is 5.69 Å². The highest BCUT2D eigenvalue weighted by Crippen LogP contribution is 2.20. The van der Waals surface area contributed by atoms with Crippen LogP contribution in [0.2, 0.25) is 0 Å². The van der Waals surface area contributed by atoms with Crippen molar-refractivity contribution in [2.75, 3.05) is 24.6 Å². The molecule has 1 atom stereocenters. The molecule has 17 heavy (non-hydrogen) atoms. The number of carbonyl (C=O) groups is 1. The second kappa shape index (κ2) is 5.00. The molecule has 2 rings (SSSR count). The zero-order chi connectivity index (χ0) is 12.4. The summed E-state index contributed by atoms with van der Waals surface area (Å²) in [6.07, 6.45) is 1.72. The van der Waals surface area contributed by atoms with Gasteiger partial charge >= 0.3 is 0 Å². The molecule has 1 amide bonds. The van der Waals surface area contributed by atoms with Gasteiger partial charge in [-0.15, -0.1) is 0 Å². The molecule has 0 aliphatic carbocycles. The number of nitrogens with zero attached hydrogens (tertiary/aromatic N) is 3. The Bertz CT molecular complexity index is 418. The zero-order valence-electron chi connectivity index (χ0n) is 10.2. The Balaban J connectivity index is 2.15. The van der Waals surface area contributed by atoms with Crippen molar-refractivity contribution in [2.45, 2.75) is 25.6 Å². The van der Waals surface area contributed by atoms with Gasteiger partial charge in [0.2, 0.25) is 0 Å². The van der Waals surface area contributed by atoms with Gasteiger partial charge in [-0.1, -0.05) is 6.92 Å². The van der Waals surface area contributed by atoms with Crippen LogP contribution in [0.3, 0.4) is 0 Å². The number of nitrogens with two attached hydrogens (primary N) is 1. The summed E-state index contributed by atoms with van der Waals surface area (Å²) in [6, 6.07) is 0. The highest BCUT2D eigenvalue weighted by atomic mass is 32.2. The van der Waals surface area contributed by atoms with Crippen LogP contribution in [0.4, 0.5) is 5.69 Å². The lowest BCUT2D eigenvalue weighted by atomic mass is 10.3. The molecule has 0 saturated carbocycles. The molecule has 1 fully saturated rings. The number of nitrogen functional groups attached to an aromatic ring is 1. The molecular weight excluding hydrogens is 236 g/mol. The van der Waals surface area contributed by atoms with Crippen LogP contribution in [0.15, 0.2) is 6.20 Å². The molecule has 2 N–H and O–H groups in total. The van der Waals surface area contributed by atoms with Crippen molar-refractivity contribution in [1.82, 2.24) is 14.7 Å². The van der Waals surface area contributed by atoms with Crippen molar-refractivity contribution in [3.8, 4) is 0 Å². The quantitative estimate of drug-likeness (QED) is 0.857. The van der Waals surface area contributed by atoms with Crippen LogP contribution in [0.25, 0.3) is 0 Å². The molecule has 1 aliphatic rings. The van der Waals surface area contributed by atoms with Crippen molar-refractivity contribution < 1.29 is 4.79 Å². The third-order valence-electron chi connectivity index (χ3n) is 2.84. The van der Waals surface area contributed by atoms with Crippen LogP contribution >= 0.6 is 11.8 Å². The molecule has 0 bridgehead atoms. The minimum absolute atomic E-state index is 0.0400. The lowest BCUT2D eigenvalue weighted by Gasteiger charge is -2.30. The molecule has 6 heteroatoms. The van der Waals surface area contributed by atoms with Crippen LogP contribution in [0.5, 0.6) is 0 Å². The Morgan fingerprint density at radius 2 is 2.47 bits per heavy atom. The first-order valence-electron chi connectivity index (χ1n) is 5.85. The van der Waals surface area contributed by atoms with E-state index in [1.54, 1.807) is 10.9 Å². The third-order valence-corrected chi connectivity index (χ3v) is 3.98. The van der Waals surface area contributed by atoms with E-state index in [9.17, 15) is 4.79 Å². The Labute approximate surface area is 105 Å². The number of aryl methyl sites for hydroxylation is 1. The summed E-state index contributed by atoms with van der Waals surface area (Å²) < 4.78 is 1.70. The van der Waals surface area contributed by atoms with Gasteiger partial charge in [0.25, 0.3) is 5.91 Å². The number of aromatic nitrogens is 2. The number of hydrogen-bond acceptors (Lipinski definition) is 4. The molecule has 0 aromatic carbocycles. The van der Waals surface area contributed by atoms with Gasteiger partial charge in [-0.3, -0.25) is 9.48 Å². The average molecular weight is 254 g/mol. The lowest BCUT2D eigenvalue weighted by Crippen LogP contribution is -2.41. The van der Waals surface area contributed by atoms with Crippen LogP contribution in [0, 0.1) is 0 Å². The summed E-state index contributed by atoms with van der Waals surface area (Å²) in [4.78, 5) is 14.1. The Morgan fingerprint density at radius 3 is 3.06 bits per heavy atom. The van der Waals surface area contributed by atoms with Crippen LogP contribution in [0.1, 0.15) is 24.3 Å². The highest BCUT2D eigenvalue weighted by Gasteiger charge is 2.25. The van der Waals surface area contributed by atoms with Crippen molar-refractivity contribution >= 4 is 23.4 Å². The van der Waals surface area contributed by atoms with Crippen LogP contribution in [-0.2, 0) is 6.54 Å². The van der Waals surface area contributed by atoms with Gasteiger partial charge in [0, 0.05) is 36.8 Å². The van der Waals surface area contributed by atoms with E-state index < -0.39 is 0 Å². The molecule has 1 saturated heterocycles. The molecule has 0 spiro atoms. The molecule has 1 aromatic rings. The van der Waals surface area contributed by atoms with Crippen molar-refractivity contribution in [3.05, 3.63) is 11.9 Å². The molecule has 0 radical (unpaired) electrons. The second-order valence-corrected chi connectivity index (χ2v) is 5.77. The topological polar surface area (TPSA) is 64.2 Å². The molecule has 94 valence electrons. The molecule has 5 nitrogen and oxygen atoms in total. The summed E-state index contributed by atoms with van der Waals surface area (Å²) in [5.41, 5.74) is 6.69. The number of hydrogen-bond donors (Lipinski definition) is 1. The lowest BCUT2D eigenvalue weighted by molar-refractivity contribution is 0.0757. The maximum Gasteiger partial charge on any atom is 0.276 e. The number of carbonyl (C=O) groups excluding carboxylic acids is 1. The molecular formula is C11H18N4OS. The van der Waals surface area contributed by atoms with E-state index in [0.717, 1.165) is 25.4 Å². The van der Waals surface area contributed by atoms with Crippen LogP contribution in [-0.4, -0.2) is 44.7 Å². The fourth-order valence-electron chi connectivity index (χ4n) is 1.92. The molecule has 1 aromatic heterocycles. The SMILES string of the molecule is CCn1cc(N)c(C(=O)N2CCSC(C)C2)n1. The minimum Gasteiger partial charge on any atom is -0.396 e. The summed E-state index contributed by atoms with van der Waals surface area (Å²) in [5.74, 6) is 0.947. The monoisotopic (exact) mass is 254 g/mol. The van der Waals surface area contributed by atoms with Crippen molar-refractivity contribution in [3.63, 3.8) is 0 Å². The average Bonchev–Trinajstić information content (AvgIpc) is 2.69. The second-order valence-electron chi connectivity index (χ2n) is 4.22. The van der Waals surface area contributed by atoms with E-state index in [4.69, 9.17) is 5.73 Å². The van der Waals surface area contributed by atoms with Crippen molar-refractivity contribution in [1.29, 1.82) is 0 Å². The van der Waals surface area contributed by atoms with Crippen LogP contribution < -0.4 is 5.73 Å². The van der Waals surface area contributed by atoms with Gasteiger partial charge in [-0.05, 0) is 6.92 Å².